The number of nitrogens with one attached hydrogen (secondary N) is 1. The van der Waals surface area contributed by atoms with E-state index in [2.05, 4.69) is 29.8 Å². The van der Waals surface area contributed by atoms with Crippen LogP contribution in [0.5, 0.6) is 17.2 Å². The van der Waals surface area contributed by atoms with E-state index in [0.29, 0.717) is 6.61 Å². The summed E-state index contributed by atoms with van der Waals surface area (Å²) in [6.45, 7) is 6.29. The number of aromatic amines is 1. The molecule has 1 aromatic heterocycles. The highest BCUT2D eigenvalue weighted by atomic mass is 16.5. The van der Waals surface area contributed by atoms with Crippen LogP contribution in [0, 0.1) is 0 Å². The molecule has 0 unspecified atom stereocenters. The summed E-state index contributed by atoms with van der Waals surface area (Å²) in [5.41, 5.74) is 3.03. The first-order valence-electron chi connectivity index (χ1n) is 9.63. The molecule has 144 valence electrons. The minimum atomic E-state index is 0.424. The Morgan fingerprint density at radius 1 is 0.966 bits per heavy atom. The van der Waals surface area contributed by atoms with Crippen LogP contribution in [0.1, 0.15) is 6.92 Å². The van der Waals surface area contributed by atoms with Crippen LogP contribution in [0.25, 0.3) is 21.8 Å². The number of allylic oxidation sites excluding steroid dienone is 3. The number of aromatic nitrogens is 1. The van der Waals surface area contributed by atoms with Crippen LogP contribution >= 0.6 is 0 Å². The van der Waals surface area contributed by atoms with Crippen molar-refractivity contribution in [3.8, 4) is 17.2 Å². The molecule has 0 spiro atoms. The van der Waals surface area contributed by atoms with Gasteiger partial charge < -0.3 is 14.5 Å². The fourth-order valence-electron chi connectivity index (χ4n) is 3.25. The molecule has 4 aromatic rings. The van der Waals surface area contributed by atoms with Crippen molar-refractivity contribution in [2.75, 3.05) is 6.61 Å². The van der Waals surface area contributed by atoms with E-state index in [9.17, 15) is 0 Å². The molecule has 4 rings (SSSR count). The standard InChI is InChI=1S/C26H23NO2/c1-3-5-11-19(4-2)18-28-25-17-21(29-20-12-7-6-8-13-20)16-23-22-14-9-10-15-24(22)27-26(23)25/h3-17,27H,2,18H2,1H3/b5-3-,19-11+. The summed E-state index contributed by atoms with van der Waals surface area (Å²) in [6, 6.07) is 22.0. The van der Waals surface area contributed by atoms with Gasteiger partial charge in [0.25, 0.3) is 0 Å². The second-order valence-corrected chi connectivity index (χ2v) is 6.69. The Bertz CT molecular complexity index is 1200. The molecule has 0 atom stereocenters. The third-order valence-corrected chi connectivity index (χ3v) is 4.69. The predicted octanol–water partition coefficient (Wildman–Crippen LogP) is 7.18. The van der Waals surface area contributed by atoms with Gasteiger partial charge in [-0.1, -0.05) is 67.3 Å². The first-order valence-corrected chi connectivity index (χ1v) is 9.63. The number of rotatable bonds is 7. The average molecular weight is 381 g/mol. The summed E-state index contributed by atoms with van der Waals surface area (Å²) in [7, 11) is 0. The molecule has 3 aromatic carbocycles. The van der Waals surface area contributed by atoms with Gasteiger partial charge in [-0.25, -0.2) is 0 Å². The number of benzene rings is 3. The minimum absolute atomic E-state index is 0.424. The van der Waals surface area contributed by atoms with Crippen LogP contribution in [-0.2, 0) is 0 Å². The van der Waals surface area contributed by atoms with Gasteiger partial charge in [0.2, 0.25) is 0 Å². The van der Waals surface area contributed by atoms with Crippen molar-refractivity contribution in [3.05, 3.63) is 103 Å². The molecule has 0 aliphatic rings. The summed E-state index contributed by atoms with van der Waals surface area (Å²) in [4.78, 5) is 3.48. The van der Waals surface area contributed by atoms with Crippen molar-refractivity contribution in [1.29, 1.82) is 0 Å². The van der Waals surface area contributed by atoms with E-state index in [0.717, 1.165) is 44.6 Å². The van der Waals surface area contributed by atoms with Gasteiger partial charge in [-0.3, -0.25) is 0 Å². The van der Waals surface area contributed by atoms with Crippen molar-refractivity contribution >= 4 is 21.8 Å². The molecule has 29 heavy (non-hydrogen) atoms. The molecular formula is C26H23NO2. The zero-order valence-electron chi connectivity index (χ0n) is 16.4. The molecule has 0 saturated carbocycles. The zero-order valence-corrected chi connectivity index (χ0v) is 16.4. The molecule has 0 fully saturated rings. The molecule has 1 heterocycles. The molecule has 0 aliphatic heterocycles. The molecule has 0 aliphatic carbocycles. The second kappa shape index (κ2) is 8.53. The van der Waals surface area contributed by atoms with E-state index < -0.39 is 0 Å². The maximum absolute atomic E-state index is 6.19. The second-order valence-electron chi connectivity index (χ2n) is 6.69. The number of ether oxygens (including phenoxy) is 2. The highest BCUT2D eigenvalue weighted by molar-refractivity contribution is 6.09. The van der Waals surface area contributed by atoms with Gasteiger partial charge in [-0.15, -0.1) is 0 Å². The molecule has 0 bridgehead atoms. The first-order chi connectivity index (χ1) is 14.3. The van der Waals surface area contributed by atoms with Gasteiger partial charge in [-0.2, -0.15) is 0 Å². The van der Waals surface area contributed by atoms with Crippen LogP contribution in [-0.4, -0.2) is 11.6 Å². The Morgan fingerprint density at radius 3 is 2.55 bits per heavy atom. The van der Waals surface area contributed by atoms with Gasteiger partial charge in [-0.05, 0) is 36.8 Å². The Labute approximate surface area is 170 Å². The van der Waals surface area contributed by atoms with Crippen molar-refractivity contribution < 1.29 is 9.47 Å². The Morgan fingerprint density at radius 2 is 1.76 bits per heavy atom. The van der Waals surface area contributed by atoms with Gasteiger partial charge in [0.15, 0.2) is 0 Å². The molecule has 0 amide bonds. The van der Waals surface area contributed by atoms with Crippen molar-refractivity contribution in [2.45, 2.75) is 6.92 Å². The van der Waals surface area contributed by atoms with Crippen LogP contribution in [0.4, 0.5) is 0 Å². The smallest absolute Gasteiger partial charge is 0.147 e. The van der Waals surface area contributed by atoms with Crippen LogP contribution in [0.3, 0.4) is 0 Å². The number of para-hydroxylation sites is 2. The lowest BCUT2D eigenvalue weighted by molar-refractivity contribution is 0.357. The monoisotopic (exact) mass is 381 g/mol. The van der Waals surface area contributed by atoms with Gasteiger partial charge in [0.05, 0.1) is 5.52 Å². The van der Waals surface area contributed by atoms with Crippen LogP contribution in [0.15, 0.2) is 103 Å². The van der Waals surface area contributed by atoms with Gasteiger partial charge in [0.1, 0.15) is 23.9 Å². The summed E-state index contributed by atoms with van der Waals surface area (Å²) < 4.78 is 12.3. The molecule has 3 heteroatoms. The quantitative estimate of drug-likeness (QED) is 0.344. The predicted molar refractivity (Wildman–Crippen MR) is 121 cm³/mol. The van der Waals surface area contributed by atoms with Crippen LogP contribution in [0.2, 0.25) is 0 Å². The van der Waals surface area contributed by atoms with E-state index in [4.69, 9.17) is 9.47 Å². The minimum Gasteiger partial charge on any atom is -0.487 e. The number of hydrogen-bond donors (Lipinski definition) is 1. The lowest BCUT2D eigenvalue weighted by Crippen LogP contribution is -2.00. The van der Waals surface area contributed by atoms with Crippen molar-refractivity contribution in [2.24, 2.45) is 0 Å². The highest BCUT2D eigenvalue weighted by Gasteiger charge is 2.13. The van der Waals surface area contributed by atoms with Crippen LogP contribution < -0.4 is 9.47 Å². The number of fused-ring (bicyclic) bond motifs is 3. The maximum Gasteiger partial charge on any atom is 0.147 e. The van der Waals surface area contributed by atoms with E-state index in [1.54, 1.807) is 0 Å². The SMILES string of the molecule is C=C/C(=C\C=C/C)COc1cc(Oc2ccccc2)cc2c1[nH]c1ccccc12. The lowest BCUT2D eigenvalue weighted by Gasteiger charge is -2.11. The third kappa shape index (κ3) is 4.09. The molecule has 0 saturated heterocycles. The van der Waals surface area contributed by atoms with Gasteiger partial charge >= 0.3 is 0 Å². The Kier molecular flexibility index (Phi) is 5.48. The Hall–Kier alpha value is -3.72. The molecule has 1 N–H and O–H groups in total. The largest absolute Gasteiger partial charge is 0.487 e. The maximum atomic E-state index is 6.19. The normalized spacial score (nSPS) is 12.0. The average Bonchev–Trinajstić information content (AvgIpc) is 3.13. The number of H-pyrrole nitrogens is 1. The Balaban J connectivity index is 1.77. The summed E-state index contributed by atoms with van der Waals surface area (Å²) in [5.74, 6) is 2.27. The fraction of sp³-hybridized carbons (Fsp3) is 0.0769. The van der Waals surface area contributed by atoms with E-state index in [-0.39, 0.29) is 0 Å². The number of hydrogen-bond acceptors (Lipinski definition) is 2. The highest BCUT2D eigenvalue weighted by Crippen LogP contribution is 2.37. The summed E-state index contributed by atoms with van der Waals surface area (Å²) in [6.07, 6.45) is 7.77. The van der Waals surface area contributed by atoms with Crippen molar-refractivity contribution in [1.82, 2.24) is 4.98 Å². The first kappa shape index (κ1) is 18.6. The fourth-order valence-corrected chi connectivity index (χ4v) is 3.25. The third-order valence-electron chi connectivity index (χ3n) is 4.69. The lowest BCUT2D eigenvalue weighted by atomic mass is 10.1. The topological polar surface area (TPSA) is 34.2 Å². The zero-order chi connectivity index (χ0) is 20.1. The summed E-state index contributed by atoms with van der Waals surface area (Å²) in [5, 5.41) is 2.21. The van der Waals surface area contributed by atoms with E-state index in [1.165, 1.54) is 0 Å². The van der Waals surface area contributed by atoms with E-state index >= 15 is 0 Å². The molecule has 0 radical (unpaired) electrons. The van der Waals surface area contributed by atoms with Gasteiger partial charge in [0, 0.05) is 22.4 Å². The van der Waals surface area contributed by atoms with Crippen molar-refractivity contribution in [3.63, 3.8) is 0 Å². The molecule has 3 nitrogen and oxygen atoms in total. The molecular weight excluding hydrogens is 358 g/mol. The summed E-state index contributed by atoms with van der Waals surface area (Å²) >= 11 is 0. The van der Waals surface area contributed by atoms with E-state index in [1.807, 2.05) is 79.8 Å².